The van der Waals surface area contributed by atoms with Gasteiger partial charge in [0.05, 0.1) is 20.7 Å². The predicted molar refractivity (Wildman–Crippen MR) is 104 cm³/mol. The second-order valence-electron chi connectivity index (χ2n) is 6.13. The zero-order valence-electron chi connectivity index (χ0n) is 14.2. The van der Waals surface area contributed by atoms with E-state index in [2.05, 4.69) is 15.3 Å². The van der Waals surface area contributed by atoms with E-state index in [1.807, 2.05) is 6.07 Å². The summed E-state index contributed by atoms with van der Waals surface area (Å²) in [5, 5.41) is 14.7. The first kappa shape index (κ1) is 16.5. The van der Waals surface area contributed by atoms with Gasteiger partial charge in [-0.1, -0.05) is 11.3 Å². The molecule has 9 nitrogen and oxygen atoms in total. The average molecular weight is 396 g/mol. The number of fused-ring (bicyclic) bond motifs is 3. The quantitative estimate of drug-likeness (QED) is 0.402. The van der Waals surface area contributed by atoms with Crippen molar-refractivity contribution in [3.8, 4) is 11.5 Å². The summed E-state index contributed by atoms with van der Waals surface area (Å²) in [6.07, 6.45) is 1.53. The Morgan fingerprint density at radius 1 is 1.21 bits per heavy atom. The second-order valence-corrected chi connectivity index (χ2v) is 7.16. The van der Waals surface area contributed by atoms with Crippen LogP contribution in [0.15, 0.2) is 36.5 Å². The van der Waals surface area contributed by atoms with Crippen LogP contribution in [0.25, 0.3) is 21.1 Å². The van der Waals surface area contributed by atoms with Crippen LogP contribution >= 0.6 is 11.3 Å². The van der Waals surface area contributed by atoms with Gasteiger partial charge in [0.25, 0.3) is 11.6 Å². The standard InChI is InChI=1S/C18H12N4O5S/c23-17(11-8-19-12-2-1-9(22(24)25)5-10(11)12)21-18-20-13-6-14-15(7-16(13)28-18)27-4-3-26-14/h1-2,5-8,19H,3-4H2,(H,20,21,23). The van der Waals surface area contributed by atoms with Crippen LogP contribution < -0.4 is 14.8 Å². The monoisotopic (exact) mass is 396 g/mol. The Morgan fingerprint density at radius 2 is 2.00 bits per heavy atom. The highest BCUT2D eigenvalue weighted by molar-refractivity contribution is 7.22. The van der Waals surface area contributed by atoms with Crippen LogP contribution in [-0.2, 0) is 0 Å². The fraction of sp³-hybridized carbons (Fsp3) is 0.111. The first-order valence-electron chi connectivity index (χ1n) is 8.35. The summed E-state index contributed by atoms with van der Waals surface area (Å²) >= 11 is 1.31. The van der Waals surface area contributed by atoms with Gasteiger partial charge in [-0.25, -0.2) is 4.98 Å². The maximum atomic E-state index is 12.7. The molecule has 0 unspecified atom stereocenters. The van der Waals surface area contributed by atoms with Crippen molar-refractivity contribution in [3.63, 3.8) is 0 Å². The van der Waals surface area contributed by atoms with Crippen molar-refractivity contribution in [2.45, 2.75) is 0 Å². The summed E-state index contributed by atoms with van der Waals surface area (Å²) in [5.74, 6) is 0.887. The minimum absolute atomic E-state index is 0.0771. The Hall–Kier alpha value is -3.66. The number of hydrogen-bond acceptors (Lipinski definition) is 7. The molecule has 1 aliphatic heterocycles. The van der Waals surface area contributed by atoms with Gasteiger partial charge in [-0.05, 0) is 6.07 Å². The Labute approximate surface area is 161 Å². The Balaban J connectivity index is 1.47. The molecular formula is C18H12N4O5S. The molecule has 10 heteroatoms. The van der Waals surface area contributed by atoms with E-state index >= 15 is 0 Å². The van der Waals surface area contributed by atoms with Crippen molar-refractivity contribution in [2.75, 3.05) is 18.5 Å². The molecular weight excluding hydrogens is 384 g/mol. The van der Waals surface area contributed by atoms with E-state index in [-0.39, 0.29) is 5.69 Å². The Morgan fingerprint density at radius 3 is 2.79 bits per heavy atom. The molecule has 2 aromatic heterocycles. The van der Waals surface area contributed by atoms with Crippen molar-refractivity contribution in [2.24, 2.45) is 0 Å². The molecule has 5 rings (SSSR count). The summed E-state index contributed by atoms with van der Waals surface area (Å²) in [6, 6.07) is 7.96. The van der Waals surface area contributed by atoms with Gasteiger partial charge >= 0.3 is 0 Å². The van der Waals surface area contributed by atoms with Crippen LogP contribution in [0.5, 0.6) is 11.5 Å². The van der Waals surface area contributed by atoms with Crippen LogP contribution in [-0.4, -0.2) is 34.0 Å². The average Bonchev–Trinajstić information content (AvgIpc) is 3.28. The molecule has 0 fully saturated rings. The fourth-order valence-electron chi connectivity index (χ4n) is 3.09. The third-order valence-electron chi connectivity index (χ3n) is 4.39. The van der Waals surface area contributed by atoms with Gasteiger partial charge < -0.3 is 14.5 Å². The largest absolute Gasteiger partial charge is 0.486 e. The van der Waals surface area contributed by atoms with Crippen molar-refractivity contribution in [3.05, 3.63) is 52.2 Å². The Kier molecular flexibility index (Phi) is 3.66. The molecule has 4 aromatic rings. The van der Waals surface area contributed by atoms with Gasteiger partial charge in [0.15, 0.2) is 16.6 Å². The number of carbonyl (C=O) groups excluding carboxylic acids is 1. The summed E-state index contributed by atoms with van der Waals surface area (Å²) in [5.41, 5.74) is 1.57. The summed E-state index contributed by atoms with van der Waals surface area (Å²) < 4.78 is 12.0. The normalized spacial score (nSPS) is 13.0. The maximum Gasteiger partial charge on any atom is 0.270 e. The maximum absolute atomic E-state index is 12.7. The molecule has 2 N–H and O–H groups in total. The lowest BCUT2D eigenvalue weighted by atomic mass is 10.1. The number of aromatic amines is 1. The lowest BCUT2D eigenvalue weighted by Crippen LogP contribution is -2.15. The minimum Gasteiger partial charge on any atom is -0.486 e. The van der Waals surface area contributed by atoms with E-state index in [1.54, 1.807) is 12.1 Å². The molecule has 3 heterocycles. The number of thiazole rings is 1. The van der Waals surface area contributed by atoms with Crippen molar-refractivity contribution >= 4 is 49.2 Å². The van der Waals surface area contributed by atoms with Crippen LogP contribution in [0.2, 0.25) is 0 Å². The van der Waals surface area contributed by atoms with E-state index in [9.17, 15) is 14.9 Å². The molecule has 1 aliphatic rings. The number of non-ortho nitro benzene ring substituents is 1. The summed E-state index contributed by atoms with van der Waals surface area (Å²) in [6.45, 7) is 0.979. The summed E-state index contributed by atoms with van der Waals surface area (Å²) in [4.78, 5) is 30.6. The van der Waals surface area contributed by atoms with Crippen LogP contribution in [0.3, 0.4) is 0 Å². The van der Waals surface area contributed by atoms with Gasteiger partial charge in [0.2, 0.25) is 0 Å². The number of nitrogens with one attached hydrogen (secondary N) is 2. The number of rotatable bonds is 3. The Bertz CT molecular complexity index is 1220. The summed E-state index contributed by atoms with van der Waals surface area (Å²) in [7, 11) is 0. The molecule has 140 valence electrons. The van der Waals surface area contributed by atoms with Crippen LogP contribution in [0.1, 0.15) is 10.4 Å². The molecule has 0 aliphatic carbocycles. The van der Waals surface area contributed by atoms with E-state index in [1.165, 1.54) is 29.7 Å². The predicted octanol–water partition coefficient (Wildman–Crippen LogP) is 3.71. The fourth-order valence-corrected chi connectivity index (χ4v) is 3.96. The highest BCUT2D eigenvalue weighted by Gasteiger charge is 2.19. The van der Waals surface area contributed by atoms with Gasteiger partial charge in [-0.15, -0.1) is 0 Å². The van der Waals surface area contributed by atoms with E-state index in [0.29, 0.717) is 51.8 Å². The molecule has 0 saturated carbocycles. The number of nitro benzene ring substituents is 1. The van der Waals surface area contributed by atoms with Gasteiger partial charge in [0, 0.05) is 41.4 Å². The highest BCUT2D eigenvalue weighted by Crippen LogP contribution is 2.38. The molecule has 0 spiro atoms. The number of anilines is 1. The first-order chi connectivity index (χ1) is 13.6. The molecule has 2 aromatic carbocycles. The number of hydrogen-bond donors (Lipinski definition) is 2. The number of nitro groups is 1. The molecule has 0 atom stereocenters. The van der Waals surface area contributed by atoms with Crippen LogP contribution in [0.4, 0.5) is 10.8 Å². The van der Waals surface area contributed by atoms with E-state index in [0.717, 1.165) is 4.70 Å². The first-order valence-corrected chi connectivity index (χ1v) is 9.17. The van der Waals surface area contributed by atoms with Crippen LogP contribution in [0, 0.1) is 10.1 Å². The molecule has 0 radical (unpaired) electrons. The number of carbonyl (C=O) groups is 1. The van der Waals surface area contributed by atoms with Gasteiger partial charge in [-0.2, -0.15) is 0 Å². The van der Waals surface area contributed by atoms with E-state index < -0.39 is 10.8 Å². The number of nitrogens with zero attached hydrogens (tertiary/aromatic N) is 2. The topological polar surface area (TPSA) is 119 Å². The zero-order valence-corrected chi connectivity index (χ0v) is 15.0. The number of benzene rings is 2. The third-order valence-corrected chi connectivity index (χ3v) is 5.33. The van der Waals surface area contributed by atoms with Crippen molar-refractivity contribution < 1.29 is 19.2 Å². The molecule has 1 amide bonds. The number of aromatic nitrogens is 2. The molecule has 0 saturated heterocycles. The zero-order chi connectivity index (χ0) is 19.3. The number of ether oxygens (including phenoxy) is 2. The van der Waals surface area contributed by atoms with Crippen molar-refractivity contribution in [1.82, 2.24) is 9.97 Å². The minimum atomic E-state index is -0.492. The lowest BCUT2D eigenvalue weighted by molar-refractivity contribution is -0.384. The van der Waals surface area contributed by atoms with E-state index in [4.69, 9.17) is 9.47 Å². The van der Waals surface area contributed by atoms with Gasteiger partial charge in [-0.3, -0.25) is 20.2 Å². The van der Waals surface area contributed by atoms with Crippen molar-refractivity contribution in [1.29, 1.82) is 0 Å². The molecule has 28 heavy (non-hydrogen) atoms. The lowest BCUT2D eigenvalue weighted by Gasteiger charge is -2.17. The second kappa shape index (κ2) is 6.20. The number of amides is 1. The SMILES string of the molecule is O=C(Nc1nc2cc3c(cc2s1)OCCO3)c1c[nH]c2ccc([N+](=O)[O-])cc12. The number of H-pyrrole nitrogens is 1. The highest BCUT2D eigenvalue weighted by atomic mass is 32.1. The smallest absolute Gasteiger partial charge is 0.270 e. The molecule has 0 bridgehead atoms. The van der Waals surface area contributed by atoms with Gasteiger partial charge in [0.1, 0.15) is 13.2 Å². The third kappa shape index (κ3) is 2.70.